The van der Waals surface area contributed by atoms with Crippen LogP contribution in [0.4, 0.5) is 0 Å². The molecule has 112 valence electrons. The fourth-order valence-electron chi connectivity index (χ4n) is 2.90. The monoisotopic (exact) mass is 268 g/mol. The van der Waals surface area contributed by atoms with Crippen molar-refractivity contribution in [3.63, 3.8) is 0 Å². The number of rotatable bonds is 7. The van der Waals surface area contributed by atoms with Crippen molar-refractivity contribution in [3.8, 4) is 0 Å². The van der Waals surface area contributed by atoms with Crippen molar-refractivity contribution in [3.05, 3.63) is 0 Å². The quantitative estimate of drug-likeness (QED) is 0.719. The second-order valence-corrected chi connectivity index (χ2v) is 6.18. The molecule has 1 fully saturated rings. The molecule has 3 heteroatoms. The smallest absolute Gasteiger partial charge is 0.222 e. The largest absolute Gasteiger partial charge is 0.343 e. The molecule has 0 aromatic rings. The van der Waals surface area contributed by atoms with Crippen molar-refractivity contribution in [2.45, 2.75) is 71.8 Å². The molecular formula is C16H32N2O. The van der Waals surface area contributed by atoms with Crippen LogP contribution in [0.5, 0.6) is 0 Å². The average molecular weight is 268 g/mol. The summed E-state index contributed by atoms with van der Waals surface area (Å²) < 4.78 is 0. The first-order valence-corrected chi connectivity index (χ1v) is 8.14. The molecule has 0 bridgehead atoms. The van der Waals surface area contributed by atoms with E-state index < -0.39 is 0 Å². The van der Waals surface area contributed by atoms with Gasteiger partial charge in [0.2, 0.25) is 5.91 Å². The molecule has 1 amide bonds. The minimum Gasteiger partial charge on any atom is -0.343 e. The molecule has 1 heterocycles. The highest BCUT2D eigenvalue weighted by atomic mass is 16.2. The third kappa shape index (κ3) is 6.95. The zero-order valence-electron chi connectivity index (χ0n) is 13.1. The maximum atomic E-state index is 12.2. The molecular weight excluding hydrogens is 236 g/mol. The molecule has 1 aliphatic rings. The van der Waals surface area contributed by atoms with Gasteiger partial charge in [-0.3, -0.25) is 4.79 Å². The van der Waals surface area contributed by atoms with Gasteiger partial charge in [-0.05, 0) is 38.1 Å². The van der Waals surface area contributed by atoms with Crippen LogP contribution in [0.1, 0.15) is 65.7 Å². The zero-order chi connectivity index (χ0) is 14.1. The van der Waals surface area contributed by atoms with Crippen LogP contribution in [0, 0.1) is 5.92 Å². The highest BCUT2D eigenvalue weighted by Gasteiger charge is 2.19. The van der Waals surface area contributed by atoms with E-state index in [0.717, 1.165) is 32.0 Å². The van der Waals surface area contributed by atoms with Gasteiger partial charge in [-0.2, -0.15) is 0 Å². The Kier molecular flexibility index (Phi) is 8.11. The third-order valence-corrected chi connectivity index (χ3v) is 4.02. The van der Waals surface area contributed by atoms with E-state index in [1.165, 1.54) is 32.1 Å². The molecule has 1 atom stereocenters. The van der Waals surface area contributed by atoms with Crippen LogP contribution in [-0.2, 0) is 4.79 Å². The summed E-state index contributed by atoms with van der Waals surface area (Å²) in [6, 6.07) is 0.517. The number of carbonyl (C=O) groups excluding carboxylic acids is 1. The van der Waals surface area contributed by atoms with E-state index >= 15 is 0 Å². The van der Waals surface area contributed by atoms with Crippen LogP contribution in [0.2, 0.25) is 0 Å². The number of carbonyl (C=O) groups is 1. The number of nitrogens with one attached hydrogen (secondary N) is 1. The van der Waals surface area contributed by atoms with Crippen LogP contribution in [0.3, 0.4) is 0 Å². The molecule has 0 radical (unpaired) electrons. The second kappa shape index (κ2) is 9.35. The van der Waals surface area contributed by atoms with Crippen molar-refractivity contribution in [2.24, 2.45) is 5.92 Å². The van der Waals surface area contributed by atoms with Gasteiger partial charge in [0.15, 0.2) is 0 Å². The minimum atomic E-state index is 0.364. The highest BCUT2D eigenvalue weighted by molar-refractivity contribution is 5.76. The summed E-state index contributed by atoms with van der Waals surface area (Å²) in [6.07, 6.45) is 8.00. The summed E-state index contributed by atoms with van der Waals surface area (Å²) in [5.74, 6) is 1.22. The van der Waals surface area contributed by atoms with Gasteiger partial charge in [0, 0.05) is 25.6 Å². The molecule has 1 N–H and O–H groups in total. The minimum absolute atomic E-state index is 0.364. The number of hydrogen-bond donors (Lipinski definition) is 1. The standard InChI is InChI=1S/C16H32N2O/c1-4-7-15-8-6-12-18(13-10-15)16(19)9-5-11-17-14(2)3/h14-15,17H,4-13H2,1-3H3. The molecule has 0 aromatic carbocycles. The van der Waals surface area contributed by atoms with Crippen LogP contribution in [0.25, 0.3) is 0 Å². The molecule has 0 aromatic heterocycles. The van der Waals surface area contributed by atoms with Gasteiger partial charge in [-0.25, -0.2) is 0 Å². The Morgan fingerprint density at radius 1 is 1.32 bits per heavy atom. The first kappa shape index (κ1) is 16.5. The Morgan fingerprint density at radius 3 is 2.79 bits per heavy atom. The molecule has 1 unspecified atom stereocenters. The van der Waals surface area contributed by atoms with Crippen LogP contribution in [0.15, 0.2) is 0 Å². The van der Waals surface area contributed by atoms with Crippen LogP contribution in [-0.4, -0.2) is 36.5 Å². The van der Waals surface area contributed by atoms with Crippen molar-refractivity contribution in [1.82, 2.24) is 10.2 Å². The Balaban J connectivity index is 2.21. The van der Waals surface area contributed by atoms with Gasteiger partial charge in [0.05, 0.1) is 0 Å². The van der Waals surface area contributed by atoms with E-state index in [2.05, 4.69) is 31.0 Å². The fourth-order valence-corrected chi connectivity index (χ4v) is 2.90. The fraction of sp³-hybridized carbons (Fsp3) is 0.938. The van der Waals surface area contributed by atoms with Gasteiger partial charge in [-0.1, -0.05) is 33.6 Å². The maximum Gasteiger partial charge on any atom is 0.222 e. The van der Waals surface area contributed by atoms with Crippen molar-refractivity contribution in [2.75, 3.05) is 19.6 Å². The lowest BCUT2D eigenvalue weighted by molar-refractivity contribution is -0.131. The summed E-state index contributed by atoms with van der Waals surface area (Å²) in [5.41, 5.74) is 0. The zero-order valence-corrected chi connectivity index (χ0v) is 13.1. The molecule has 0 spiro atoms. The van der Waals surface area contributed by atoms with E-state index in [9.17, 15) is 4.79 Å². The summed E-state index contributed by atoms with van der Waals surface area (Å²) in [6.45, 7) is 9.47. The maximum absolute atomic E-state index is 12.2. The normalized spacial score (nSPS) is 20.6. The molecule has 0 aliphatic carbocycles. The van der Waals surface area contributed by atoms with Gasteiger partial charge < -0.3 is 10.2 Å². The Labute approximate surface area is 119 Å². The molecule has 3 nitrogen and oxygen atoms in total. The van der Waals surface area contributed by atoms with Gasteiger partial charge in [0.1, 0.15) is 0 Å². The van der Waals surface area contributed by atoms with Gasteiger partial charge in [0.25, 0.3) is 0 Å². The third-order valence-electron chi connectivity index (χ3n) is 4.02. The average Bonchev–Trinajstić information content (AvgIpc) is 2.60. The summed E-state index contributed by atoms with van der Waals surface area (Å²) in [4.78, 5) is 14.3. The highest BCUT2D eigenvalue weighted by Crippen LogP contribution is 2.22. The summed E-state index contributed by atoms with van der Waals surface area (Å²) >= 11 is 0. The molecule has 19 heavy (non-hydrogen) atoms. The van der Waals surface area contributed by atoms with Gasteiger partial charge >= 0.3 is 0 Å². The van der Waals surface area contributed by atoms with Crippen LogP contribution < -0.4 is 5.32 Å². The Bertz CT molecular complexity index is 253. The molecule has 1 saturated heterocycles. The van der Waals surface area contributed by atoms with E-state index in [1.54, 1.807) is 0 Å². The number of hydrogen-bond acceptors (Lipinski definition) is 2. The topological polar surface area (TPSA) is 32.3 Å². The first-order chi connectivity index (χ1) is 9.13. The lowest BCUT2D eigenvalue weighted by Crippen LogP contribution is -2.33. The number of likely N-dealkylation sites (tertiary alicyclic amines) is 1. The number of nitrogens with zero attached hydrogens (tertiary/aromatic N) is 1. The molecule has 1 aliphatic heterocycles. The Morgan fingerprint density at radius 2 is 2.11 bits per heavy atom. The van der Waals surface area contributed by atoms with E-state index in [4.69, 9.17) is 0 Å². The van der Waals surface area contributed by atoms with E-state index in [1.807, 2.05) is 0 Å². The van der Waals surface area contributed by atoms with Gasteiger partial charge in [-0.15, -0.1) is 0 Å². The van der Waals surface area contributed by atoms with Crippen molar-refractivity contribution < 1.29 is 4.79 Å². The molecule has 1 rings (SSSR count). The SMILES string of the molecule is CCCC1CCCN(C(=O)CCCNC(C)C)CC1. The lowest BCUT2D eigenvalue weighted by Gasteiger charge is -2.21. The second-order valence-electron chi connectivity index (χ2n) is 6.18. The molecule has 0 saturated carbocycles. The lowest BCUT2D eigenvalue weighted by atomic mass is 9.96. The van der Waals surface area contributed by atoms with E-state index in [0.29, 0.717) is 18.4 Å². The first-order valence-electron chi connectivity index (χ1n) is 8.14. The predicted octanol–water partition coefficient (Wildman–Crippen LogP) is 3.19. The summed E-state index contributed by atoms with van der Waals surface area (Å²) in [5, 5.41) is 3.37. The Hall–Kier alpha value is -0.570. The number of amides is 1. The van der Waals surface area contributed by atoms with Crippen molar-refractivity contribution >= 4 is 5.91 Å². The predicted molar refractivity (Wildman–Crippen MR) is 81.2 cm³/mol. The van der Waals surface area contributed by atoms with Crippen molar-refractivity contribution in [1.29, 1.82) is 0 Å². The van der Waals surface area contributed by atoms with E-state index in [-0.39, 0.29) is 0 Å². The van der Waals surface area contributed by atoms with Crippen LogP contribution >= 0.6 is 0 Å². The summed E-state index contributed by atoms with van der Waals surface area (Å²) in [7, 11) is 0.